The molecule has 0 radical (unpaired) electrons. The Bertz CT molecular complexity index is 553. The van der Waals surface area contributed by atoms with Crippen molar-refractivity contribution in [1.29, 1.82) is 0 Å². The summed E-state index contributed by atoms with van der Waals surface area (Å²) in [6.07, 6.45) is 1.01. The first-order chi connectivity index (χ1) is 9.75. The van der Waals surface area contributed by atoms with Crippen molar-refractivity contribution in [2.24, 2.45) is 0 Å². The minimum Gasteiger partial charge on any atom is -0.352 e. The number of para-hydroxylation sites is 1. The Hall–Kier alpha value is -2.14. The van der Waals surface area contributed by atoms with Gasteiger partial charge in [0.15, 0.2) is 0 Å². The number of carbonyl (C=O) groups excluding carboxylic acids is 2. The lowest BCUT2D eigenvalue weighted by Gasteiger charge is -2.05. The van der Waals surface area contributed by atoms with Gasteiger partial charge in [-0.3, -0.25) is 9.59 Å². The summed E-state index contributed by atoms with van der Waals surface area (Å²) in [4.78, 5) is 23.3. The molecule has 1 heterocycles. The number of rotatable bonds is 6. The molecule has 0 saturated heterocycles. The van der Waals surface area contributed by atoms with Gasteiger partial charge < -0.3 is 10.6 Å². The second kappa shape index (κ2) is 7.45. The van der Waals surface area contributed by atoms with Crippen LogP contribution in [0.2, 0.25) is 0 Å². The van der Waals surface area contributed by atoms with Crippen molar-refractivity contribution in [3.8, 4) is 0 Å². The molecular weight excluding hydrogens is 272 g/mol. The Morgan fingerprint density at radius 1 is 1.10 bits per heavy atom. The van der Waals surface area contributed by atoms with E-state index < -0.39 is 0 Å². The molecule has 0 aliphatic carbocycles. The molecule has 2 rings (SSSR count). The number of carbonyl (C=O) groups is 2. The third kappa shape index (κ3) is 4.51. The summed E-state index contributed by atoms with van der Waals surface area (Å²) >= 11 is 1.49. The maximum absolute atomic E-state index is 11.7. The molecule has 0 atom stereocenters. The van der Waals surface area contributed by atoms with Gasteiger partial charge in [0.1, 0.15) is 0 Å². The number of anilines is 1. The highest BCUT2D eigenvalue weighted by Crippen LogP contribution is 2.07. The summed E-state index contributed by atoms with van der Waals surface area (Å²) < 4.78 is 0. The third-order valence-corrected chi connectivity index (χ3v) is 3.39. The van der Waals surface area contributed by atoms with Crippen LogP contribution in [-0.2, 0) is 4.79 Å². The predicted octanol–water partition coefficient (Wildman–Crippen LogP) is 2.90. The van der Waals surface area contributed by atoms with Crippen molar-refractivity contribution in [2.75, 3.05) is 11.9 Å². The highest BCUT2D eigenvalue weighted by molar-refractivity contribution is 7.08. The van der Waals surface area contributed by atoms with Gasteiger partial charge in [-0.25, -0.2) is 0 Å². The molecule has 2 aromatic rings. The van der Waals surface area contributed by atoms with Gasteiger partial charge in [-0.1, -0.05) is 18.2 Å². The maximum Gasteiger partial charge on any atom is 0.252 e. The van der Waals surface area contributed by atoms with Gasteiger partial charge in [0.25, 0.3) is 5.91 Å². The Kier molecular flexibility index (Phi) is 5.32. The summed E-state index contributed by atoms with van der Waals surface area (Å²) in [6.45, 7) is 0.497. The summed E-state index contributed by atoms with van der Waals surface area (Å²) in [5.41, 5.74) is 1.46. The Morgan fingerprint density at radius 3 is 2.60 bits per heavy atom. The molecule has 1 aromatic carbocycles. The Labute approximate surface area is 121 Å². The molecular formula is C15H16N2O2S. The molecule has 1 aromatic heterocycles. The fourth-order valence-electron chi connectivity index (χ4n) is 1.69. The first-order valence-corrected chi connectivity index (χ1v) is 7.35. The molecule has 4 nitrogen and oxygen atoms in total. The van der Waals surface area contributed by atoms with E-state index in [-0.39, 0.29) is 11.8 Å². The standard InChI is InChI=1S/C15H16N2O2S/c18-14(17-13-5-2-1-3-6-13)7-4-9-16-15(19)12-8-10-20-11-12/h1-3,5-6,8,10-11H,4,7,9H2,(H,16,19)(H,17,18). The van der Waals surface area contributed by atoms with Gasteiger partial charge in [0.05, 0.1) is 0 Å². The third-order valence-electron chi connectivity index (χ3n) is 2.71. The monoisotopic (exact) mass is 288 g/mol. The average Bonchev–Trinajstić information content (AvgIpc) is 2.99. The summed E-state index contributed by atoms with van der Waals surface area (Å²) in [5, 5.41) is 9.27. The smallest absolute Gasteiger partial charge is 0.252 e. The number of hydrogen-bond donors (Lipinski definition) is 2. The molecule has 20 heavy (non-hydrogen) atoms. The van der Waals surface area contributed by atoms with Crippen molar-refractivity contribution in [3.63, 3.8) is 0 Å². The van der Waals surface area contributed by atoms with Crippen LogP contribution in [0.4, 0.5) is 5.69 Å². The largest absolute Gasteiger partial charge is 0.352 e. The summed E-state index contributed by atoms with van der Waals surface area (Å²) in [5.74, 6) is -0.129. The van der Waals surface area contributed by atoms with E-state index in [1.54, 1.807) is 11.4 Å². The van der Waals surface area contributed by atoms with E-state index in [1.807, 2.05) is 35.7 Å². The molecule has 5 heteroatoms. The molecule has 0 saturated carbocycles. The van der Waals surface area contributed by atoms with Gasteiger partial charge >= 0.3 is 0 Å². The Balaban J connectivity index is 1.64. The summed E-state index contributed by atoms with van der Waals surface area (Å²) in [6, 6.07) is 11.1. The van der Waals surface area contributed by atoms with Gasteiger partial charge in [-0.15, -0.1) is 0 Å². The molecule has 2 N–H and O–H groups in total. The normalized spacial score (nSPS) is 10.0. The van der Waals surface area contributed by atoms with Crippen molar-refractivity contribution >= 4 is 28.8 Å². The number of amides is 2. The van der Waals surface area contributed by atoms with Crippen molar-refractivity contribution < 1.29 is 9.59 Å². The van der Waals surface area contributed by atoms with Crippen LogP contribution in [0.15, 0.2) is 47.2 Å². The van der Waals surface area contributed by atoms with Crippen LogP contribution in [0.1, 0.15) is 23.2 Å². The van der Waals surface area contributed by atoms with Crippen LogP contribution in [-0.4, -0.2) is 18.4 Å². The van der Waals surface area contributed by atoms with Gasteiger partial charge in [0, 0.05) is 29.6 Å². The van der Waals surface area contributed by atoms with Crippen LogP contribution in [0.5, 0.6) is 0 Å². The average molecular weight is 288 g/mol. The maximum atomic E-state index is 11.7. The van der Waals surface area contributed by atoms with Gasteiger partial charge in [-0.2, -0.15) is 11.3 Å². The van der Waals surface area contributed by atoms with E-state index in [0.717, 1.165) is 5.69 Å². The minimum atomic E-state index is -0.0882. The first kappa shape index (κ1) is 14.3. The lowest BCUT2D eigenvalue weighted by atomic mass is 10.2. The van der Waals surface area contributed by atoms with Crippen molar-refractivity contribution in [1.82, 2.24) is 5.32 Å². The lowest BCUT2D eigenvalue weighted by Crippen LogP contribution is -2.25. The summed E-state index contributed by atoms with van der Waals surface area (Å²) in [7, 11) is 0. The number of hydrogen-bond acceptors (Lipinski definition) is 3. The zero-order valence-electron chi connectivity index (χ0n) is 11.0. The van der Waals surface area contributed by atoms with E-state index in [4.69, 9.17) is 0 Å². The van der Waals surface area contributed by atoms with E-state index in [9.17, 15) is 9.59 Å². The van der Waals surface area contributed by atoms with E-state index in [0.29, 0.717) is 24.9 Å². The van der Waals surface area contributed by atoms with Crippen LogP contribution < -0.4 is 10.6 Å². The molecule has 0 fully saturated rings. The van der Waals surface area contributed by atoms with Crippen molar-refractivity contribution in [2.45, 2.75) is 12.8 Å². The highest BCUT2D eigenvalue weighted by atomic mass is 32.1. The lowest BCUT2D eigenvalue weighted by molar-refractivity contribution is -0.116. The number of nitrogens with one attached hydrogen (secondary N) is 2. The van der Waals surface area contributed by atoms with E-state index in [2.05, 4.69) is 10.6 Å². The fraction of sp³-hybridized carbons (Fsp3) is 0.200. The second-order valence-corrected chi connectivity index (χ2v) is 5.07. The topological polar surface area (TPSA) is 58.2 Å². The van der Waals surface area contributed by atoms with E-state index >= 15 is 0 Å². The van der Waals surface area contributed by atoms with Crippen LogP contribution in [0.3, 0.4) is 0 Å². The Morgan fingerprint density at radius 2 is 1.90 bits per heavy atom. The molecule has 0 unspecified atom stereocenters. The molecule has 2 amide bonds. The van der Waals surface area contributed by atoms with E-state index in [1.165, 1.54) is 11.3 Å². The minimum absolute atomic E-state index is 0.0408. The quantitative estimate of drug-likeness (QED) is 0.803. The molecule has 104 valence electrons. The second-order valence-electron chi connectivity index (χ2n) is 4.29. The first-order valence-electron chi connectivity index (χ1n) is 6.41. The predicted molar refractivity (Wildman–Crippen MR) is 81.0 cm³/mol. The van der Waals surface area contributed by atoms with Crippen LogP contribution in [0, 0.1) is 0 Å². The molecule has 0 aliphatic rings. The number of benzene rings is 1. The molecule has 0 bridgehead atoms. The fourth-order valence-corrected chi connectivity index (χ4v) is 2.33. The van der Waals surface area contributed by atoms with Gasteiger partial charge in [0.2, 0.25) is 5.91 Å². The van der Waals surface area contributed by atoms with Crippen molar-refractivity contribution in [3.05, 3.63) is 52.7 Å². The number of thiophene rings is 1. The zero-order valence-corrected chi connectivity index (χ0v) is 11.8. The van der Waals surface area contributed by atoms with Crippen LogP contribution in [0.25, 0.3) is 0 Å². The SMILES string of the molecule is O=C(CCCNC(=O)c1ccsc1)Nc1ccccc1. The van der Waals surface area contributed by atoms with Gasteiger partial charge in [-0.05, 0) is 30.0 Å². The zero-order chi connectivity index (χ0) is 14.2. The molecule has 0 spiro atoms. The highest BCUT2D eigenvalue weighted by Gasteiger charge is 2.05. The van der Waals surface area contributed by atoms with Crippen LogP contribution >= 0.6 is 11.3 Å². The molecule has 0 aliphatic heterocycles.